The smallest absolute Gasteiger partial charge is 0.0708 e. The quantitative estimate of drug-likeness (QED) is 0.143. The molecule has 9 aromatic carbocycles. The lowest BCUT2D eigenvalue weighted by atomic mass is 9.82. The van der Waals surface area contributed by atoms with Crippen molar-refractivity contribution in [2.24, 2.45) is 0 Å². The lowest BCUT2D eigenvalue weighted by Crippen LogP contribution is -1.95. The third kappa shape index (κ3) is 3.88. The Balaban J connectivity index is 1.25. The predicted molar refractivity (Wildman–Crippen MR) is 206 cm³/mol. The summed E-state index contributed by atoms with van der Waals surface area (Å²) in [5, 5.41) is 14.2. The fourth-order valence-electron chi connectivity index (χ4n) is 8.33. The third-order valence-electron chi connectivity index (χ3n) is 10.5. The van der Waals surface area contributed by atoms with Crippen LogP contribution >= 0.6 is 0 Å². The van der Waals surface area contributed by atoms with Gasteiger partial charge in [0.2, 0.25) is 0 Å². The maximum Gasteiger partial charge on any atom is 0.0708 e. The summed E-state index contributed by atoms with van der Waals surface area (Å²) in [7, 11) is 0. The standard InChI is InChI=1S/C47H31N/c1-28-25-42(29(2)24-41(28)35-22-23-48-43-17-8-7-12-36(35)43)47-39-15-5-3-13-37(39)46(38-14-4-6-16-40(38)47)34-26-32-20-18-30-10-9-11-31-19-21-33(27-34)45(32)44(30)31/h3-27H,1-2H3. The number of aromatic nitrogens is 1. The van der Waals surface area contributed by atoms with Crippen molar-refractivity contribution < 1.29 is 0 Å². The van der Waals surface area contributed by atoms with Crippen molar-refractivity contribution in [3.05, 3.63) is 163 Å². The zero-order valence-corrected chi connectivity index (χ0v) is 26.9. The van der Waals surface area contributed by atoms with E-state index in [9.17, 15) is 0 Å². The van der Waals surface area contributed by atoms with E-state index in [1.807, 2.05) is 6.20 Å². The van der Waals surface area contributed by atoms with Crippen LogP contribution in [0.3, 0.4) is 0 Å². The van der Waals surface area contributed by atoms with E-state index >= 15 is 0 Å². The van der Waals surface area contributed by atoms with E-state index in [1.165, 1.54) is 104 Å². The van der Waals surface area contributed by atoms with Gasteiger partial charge in [-0.25, -0.2) is 0 Å². The molecular weight excluding hydrogens is 579 g/mol. The molecule has 0 saturated carbocycles. The highest BCUT2D eigenvalue weighted by Gasteiger charge is 2.20. The van der Waals surface area contributed by atoms with Gasteiger partial charge in [-0.1, -0.05) is 121 Å². The minimum Gasteiger partial charge on any atom is -0.256 e. The van der Waals surface area contributed by atoms with Crippen LogP contribution in [-0.2, 0) is 0 Å². The Hall–Kier alpha value is -6.05. The maximum atomic E-state index is 4.63. The SMILES string of the molecule is Cc1cc(-c2c3ccccc3c(-c3cc4ccc5cccc6ccc(c3)c4c56)c3ccccc23)c(C)cc1-c1ccnc2ccccc12. The second-order valence-electron chi connectivity index (χ2n) is 13.2. The van der Waals surface area contributed by atoms with Gasteiger partial charge in [-0.3, -0.25) is 4.98 Å². The summed E-state index contributed by atoms with van der Waals surface area (Å²) < 4.78 is 0. The molecule has 1 heteroatoms. The molecule has 0 spiro atoms. The van der Waals surface area contributed by atoms with Crippen molar-refractivity contribution >= 4 is 64.8 Å². The molecule has 0 aliphatic heterocycles. The first-order valence-corrected chi connectivity index (χ1v) is 16.7. The number of nitrogens with zero attached hydrogens (tertiary/aromatic N) is 1. The summed E-state index contributed by atoms with van der Waals surface area (Å²) in [6.07, 6.45) is 1.93. The summed E-state index contributed by atoms with van der Waals surface area (Å²) in [5.74, 6) is 0. The zero-order chi connectivity index (χ0) is 31.9. The largest absolute Gasteiger partial charge is 0.256 e. The highest BCUT2D eigenvalue weighted by atomic mass is 14.6. The molecular formula is C47H31N. The van der Waals surface area contributed by atoms with Crippen LogP contribution in [0.1, 0.15) is 11.1 Å². The van der Waals surface area contributed by atoms with Crippen LogP contribution in [0.25, 0.3) is 98.1 Å². The number of hydrogen-bond donors (Lipinski definition) is 0. The Bertz CT molecular complexity index is 2790. The number of hydrogen-bond acceptors (Lipinski definition) is 1. The van der Waals surface area contributed by atoms with E-state index < -0.39 is 0 Å². The third-order valence-corrected chi connectivity index (χ3v) is 10.5. The Morgan fingerprint density at radius 2 is 0.875 bits per heavy atom. The fraction of sp³-hybridized carbons (Fsp3) is 0.0426. The lowest BCUT2D eigenvalue weighted by molar-refractivity contribution is 1.38. The van der Waals surface area contributed by atoms with E-state index in [0.29, 0.717) is 0 Å². The Morgan fingerprint density at radius 1 is 0.375 bits per heavy atom. The molecule has 10 rings (SSSR count). The normalized spacial score (nSPS) is 12.0. The molecule has 0 bridgehead atoms. The highest BCUT2D eigenvalue weighted by molar-refractivity contribution is 6.26. The number of aryl methyl sites for hydroxylation is 2. The van der Waals surface area contributed by atoms with Gasteiger partial charge in [0.05, 0.1) is 5.52 Å². The van der Waals surface area contributed by atoms with Gasteiger partial charge in [-0.15, -0.1) is 0 Å². The first-order valence-electron chi connectivity index (χ1n) is 16.7. The Labute approximate surface area is 279 Å². The van der Waals surface area contributed by atoms with E-state index in [0.717, 1.165) is 5.52 Å². The van der Waals surface area contributed by atoms with Gasteiger partial charge in [0, 0.05) is 11.6 Å². The van der Waals surface area contributed by atoms with Gasteiger partial charge < -0.3 is 0 Å². The number of fused-ring (bicyclic) bond motifs is 3. The number of rotatable bonds is 3. The minimum atomic E-state index is 1.02. The zero-order valence-electron chi connectivity index (χ0n) is 26.9. The summed E-state index contributed by atoms with van der Waals surface area (Å²) in [6.45, 7) is 4.51. The topological polar surface area (TPSA) is 12.9 Å². The second kappa shape index (κ2) is 10.2. The van der Waals surface area contributed by atoms with Crippen LogP contribution in [0.4, 0.5) is 0 Å². The summed E-state index contributed by atoms with van der Waals surface area (Å²) >= 11 is 0. The Kier molecular flexibility index (Phi) is 5.77. The Morgan fingerprint density at radius 3 is 1.52 bits per heavy atom. The average molecular weight is 610 g/mol. The summed E-state index contributed by atoms with van der Waals surface area (Å²) in [5.41, 5.74) is 11.2. The van der Waals surface area contributed by atoms with E-state index in [4.69, 9.17) is 0 Å². The molecule has 0 radical (unpaired) electrons. The number of pyridine rings is 1. The lowest BCUT2D eigenvalue weighted by Gasteiger charge is -2.21. The van der Waals surface area contributed by atoms with Crippen LogP contribution in [0.15, 0.2) is 152 Å². The summed E-state index contributed by atoms with van der Waals surface area (Å²) in [6, 6.07) is 53.9. The first kappa shape index (κ1) is 27.1. The van der Waals surface area contributed by atoms with Gasteiger partial charge in [0.15, 0.2) is 0 Å². The number of para-hydroxylation sites is 1. The van der Waals surface area contributed by atoms with Gasteiger partial charge in [-0.2, -0.15) is 0 Å². The van der Waals surface area contributed by atoms with Gasteiger partial charge in [0.1, 0.15) is 0 Å². The molecule has 0 aliphatic rings. The molecule has 0 atom stereocenters. The molecule has 10 aromatic rings. The van der Waals surface area contributed by atoms with Crippen molar-refractivity contribution in [3.8, 4) is 33.4 Å². The molecule has 224 valence electrons. The van der Waals surface area contributed by atoms with Crippen LogP contribution in [0.2, 0.25) is 0 Å². The van der Waals surface area contributed by atoms with Crippen LogP contribution in [0, 0.1) is 13.8 Å². The van der Waals surface area contributed by atoms with Gasteiger partial charge in [0.25, 0.3) is 0 Å². The van der Waals surface area contributed by atoms with E-state index in [2.05, 4.69) is 164 Å². The van der Waals surface area contributed by atoms with Crippen molar-refractivity contribution in [2.45, 2.75) is 13.8 Å². The molecule has 0 unspecified atom stereocenters. The molecule has 0 amide bonds. The molecule has 48 heavy (non-hydrogen) atoms. The van der Waals surface area contributed by atoms with Crippen molar-refractivity contribution in [1.29, 1.82) is 0 Å². The van der Waals surface area contributed by atoms with Crippen molar-refractivity contribution in [1.82, 2.24) is 4.98 Å². The molecule has 0 fully saturated rings. The van der Waals surface area contributed by atoms with Crippen LogP contribution in [-0.4, -0.2) is 4.98 Å². The average Bonchev–Trinajstić information content (AvgIpc) is 3.13. The maximum absolute atomic E-state index is 4.63. The van der Waals surface area contributed by atoms with Crippen LogP contribution < -0.4 is 0 Å². The van der Waals surface area contributed by atoms with Crippen molar-refractivity contribution in [3.63, 3.8) is 0 Å². The predicted octanol–water partition coefficient (Wildman–Crippen LogP) is 13.1. The van der Waals surface area contributed by atoms with E-state index in [1.54, 1.807) is 0 Å². The molecule has 0 aliphatic carbocycles. The fourth-order valence-corrected chi connectivity index (χ4v) is 8.33. The van der Waals surface area contributed by atoms with Gasteiger partial charge >= 0.3 is 0 Å². The van der Waals surface area contributed by atoms with Gasteiger partial charge in [-0.05, 0) is 136 Å². The molecule has 0 N–H and O–H groups in total. The minimum absolute atomic E-state index is 1.02. The molecule has 0 saturated heterocycles. The molecule has 1 aromatic heterocycles. The van der Waals surface area contributed by atoms with Crippen LogP contribution in [0.5, 0.6) is 0 Å². The second-order valence-corrected chi connectivity index (χ2v) is 13.2. The van der Waals surface area contributed by atoms with E-state index in [-0.39, 0.29) is 0 Å². The van der Waals surface area contributed by atoms with Crippen molar-refractivity contribution in [2.75, 3.05) is 0 Å². The first-order chi connectivity index (χ1) is 23.6. The number of benzene rings is 9. The summed E-state index contributed by atoms with van der Waals surface area (Å²) in [4.78, 5) is 4.63. The molecule has 1 heterocycles. The monoisotopic (exact) mass is 609 g/mol. The molecule has 1 nitrogen and oxygen atoms in total. The highest BCUT2D eigenvalue weighted by Crippen LogP contribution is 2.47.